The Morgan fingerprint density at radius 3 is 2.58 bits per heavy atom. The van der Waals surface area contributed by atoms with E-state index in [4.69, 9.17) is 18.9 Å². The van der Waals surface area contributed by atoms with E-state index in [1.807, 2.05) is 56.3 Å². The van der Waals surface area contributed by atoms with Crippen molar-refractivity contribution < 1.29 is 13.9 Å². The molecule has 1 aliphatic carbocycles. The molecule has 0 bridgehead atoms. The fourth-order valence-electron chi connectivity index (χ4n) is 4.18. The van der Waals surface area contributed by atoms with Crippen molar-refractivity contribution in [2.75, 3.05) is 38.3 Å². The number of aromatic nitrogens is 1. The number of para-hydroxylation sites is 2. The summed E-state index contributed by atoms with van der Waals surface area (Å²) in [5.74, 6) is 1.12. The van der Waals surface area contributed by atoms with Crippen LogP contribution < -0.4 is 15.1 Å². The monoisotopic (exact) mass is 416 g/mol. The molecule has 6 nitrogen and oxygen atoms in total. The van der Waals surface area contributed by atoms with Crippen molar-refractivity contribution in [3.63, 3.8) is 0 Å². The van der Waals surface area contributed by atoms with Gasteiger partial charge in [-0.2, -0.15) is 0 Å². The van der Waals surface area contributed by atoms with Crippen molar-refractivity contribution in [3.8, 4) is 28.3 Å². The minimum atomic E-state index is -0.0664. The fraction of sp³-hybridized carbons (Fsp3) is 0.280. The largest absolute Gasteiger partial charge is 0.496 e. The molecule has 158 valence electrons. The van der Waals surface area contributed by atoms with Gasteiger partial charge in [0.2, 0.25) is 0 Å². The maximum Gasteiger partial charge on any atom is 0.193 e. The molecule has 5 rings (SSSR count). The average molecular weight is 416 g/mol. The summed E-state index contributed by atoms with van der Waals surface area (Å²) < 4.78 is 17.4. The van der Waals surface area contributed by atoms with Crippen molar-refractivity contribution in [1.82, 2.24) is 4.98 Å². The molecular weight excluding hydrogens is 392 g/mol. The lowest BCUT2D eigenvalue weighted by Crippen LogP contribution is -2.36. The minimum absolute atomic E-state index is 0.0664. The van der Waals surface area contributed by atoms with Gasteiger partial charge in [-0.25, -0.2) is 4.98 Å². The van der Waals surface area contributed by atoms with Crippen molar-refractivity contribution in [2.24, 2.45) is 0 Å². The van der Waals surface area contributed by atoms with Gasteiger partial charge in [0.25, 0.3) is 0 Å². The van der Waals surface area contributed by atoms with Gasteiger partial charge in [0.05, 0.1) is 25.9 Å². The van der Waals surface area contributed by atoms with Crippen LogP contribution in [0.5, 0.6) is 5.75 Å². The molecule has 2 heterocycles. The Morgan fingerprint density at radius 1 is 1.03 bits per heavy atom. The van der Waals surface area contributed by atoms with Gasteiger partial charge in [0.15, 0.2) is 16.8 Å². The van der Waals surface area contributed by atoms with Crippen LogP contribution in [-0.2, 0) is 4.74 Å². The molecule has 1 fully saturated rings. The van der Waals surface area contributed by atoms with E-state index in [1.165, 1.54) is 0 Å². The van der Waals surface area contributed by atoms with Gasteiger partial charge in [-0.15, -0.1) is 0 Å². The third kappa shape index (κ3) is 3.24. The van der Waals surface area contributed by atoms with Crippen molar-refractivity contribution in [2.45, 2.75) is 13.8 Å². The summed E-state index contributed by atoms with van der Waals surface area (Å²) in [4.78, 5) is 20.5. The van der Waals surface area contributed by atoms with Crippen LogP contribution >= 0.6 is 0 Å². The maximum absolute atomic E-state index is 13.4. The van der Waals surface area contributed by atoms with Crippen LogP contribution in [-0.4, -0.2) is 38.4 Å². The number of anilines is 1. The van der Waals surface area contributed by atoms with E-state index in [2.05, 4.69) is 4.90 Å². The predicted octanol–water partition coefficient (Wildman–Crippen LogP) is 4.42. The van der Waals surface area contributed by atoms with Gasteiger partial charge in [0, 0.05) is 36.0 Å². The first-order chi connectivity index (χ1) is 15.1. The predicted molar refractivity (Wildman–Crippen MR) is 121 cm³/mol. The zero-order chi connectivity index (χ0) is 21.5. The van der Waals surface area contributed by atoms with E-state index < -0.39 is 0 Å². The Morgan fingerprint density at radius 2 is 1.81 bits per heavy atom. The number of hydrogen-bond donors (Lipinski definition) is 0. The second-order valence-electron chi connectivity index (χ2n) is 7.80. The SMILES string of the molecule is COc1cc(N2CCOCC2)ccc1-c1c2oc3ccccc3nc-2c(C)c(C)c1=O. The van der Waals surface area contributed by atoms with E-state index in [-0.39, 0.29) is 5.43 Å². The van der Waals surface area contributed by atoms with Crippen molar-refractivity contribution in [3.05, 3.63) is 63.8 Å². The third-order valence-corrected chi connectivity index (χ3v) is 6.07. The first kappa shape index (κ1) is 19.6. The van der Waals surface area contributed by atoms with Crippen molar-refractivity contribution in [1.29, 1.82) is 0 Å². The molecule has 0 spiro atoms. The number of morpholine rings is 1. The molecule has 6 heteroatoms. The topological polar surface area (TPSA) is 64.8 Å². The second kappa shape index (κ2) is 7.71. The highest BCUT2D eigenvalue weighted by molar-refractivity contribution is 5.88. The number of rotatable bonds is 3. The quantitative estimate of drug-likeness (QED) is 0.461. The van der Waals surface area contributed by atoms with Crippen LogP contribution in [0.4, 0.5) is 5.69 Å². The molecule has 1 saturated heterocycles. The summed E-state index contributed by atoms with van der Waals surface area (Å²) in [5.41, 5.74) is 5.78. The molecule has 0 saturated carbocycles. The fourth-order valence-corrected chi connectivity index (χ4v) is 4.18. The highest BCUT2D eigenvalue weighted by atomic mass is 16.5. The number of hydrogen-bond acceptors (Lipinski definition) is 6. The van der Waals surface area contributed by atoms with Crippen LogP contribution in [0.15, 0.2) is 51.7 Å². The van der Waals surface area contributed by atoms with E-state index in [0.29, 0.717) is 52.7 Å². The van der Waals surface area contributed by atoms with Gasteiger partial charge in [0.1, 0.15) is 17.0 Å². The average Bonchev–Trinajstić information content (AvgIpc) is 2.82. The molecule has 31 heavy (non-hydrogen) atoms. The highest BCUT2D eigenvalue weighted by Gasteiger charge is 2.26. The Labute approximate surface area is 180 Å². The summed E-state index contributed by atoms with van der Waals surface area (Å²) in [6.45, 7) is 6.81. The second-order valence-corrected chi connectivity index (χ2v) is 7.80. The molecule has 0 atom stereocenters. The van der Waals surface area contributed by atoms with Gasteiger partial charge >= 0.3 is 0 Å². The van der Waals surface area contributed by atoms with E-state index >= 15 is 0 Å². The van der Waals surface area contributed by atoms with Crippen LogP contribution in [0, 0.1) is 13.8 Å². The van der Waals surface area contributed by atoms with Gasteiger partial charge in [-0.05, 0) is 43.7 Å². The zero-order valence-electron chi connectivity index (χ0n) is 17.9. The minimum Gasteiger partial charge on any atom is -0.496 e. The van der Waals surface area contributed by atoms with Gasteiger partial charge in [-0.1, -0.05) is 12.1 Å². The van der Waals surface area contributed by atoms with Crippen LogP contribution in [0.25, 0.3) is 33.7 Å². The standard InChI is InChI=1S/C25H24N2O4/c1-15-16(2)24(28)22(25-23(15)26-19-6-4-5-7-20(19)31-25)18-9-8-17(14-21(18)29-3)27-10-12-30-13-11-27/h4-9,14H,10-13H2,1-3H3. The Balaban J connectivity index is 1.76. The van der Waals surface area contributed by atoms with E-state index in [9.17, 15) is 4.79 Å². The molecule has 0 N–H and O–H groups in total. The summed E-state index contributed by atoms with van der Waals surface area (Å²) in [7, 11) is 1.63. The van der Waals surface area contributed by atoms with E-state index in [1.54, 1.807) is 7.11 Å². The summed E-state index contributed by atoms with van der Waals surface area (Å²) in [5, 5.41) is 0. The Kier molecular flexibility index (Phi) is 4.87. The van der Waals surface area contributed by atoms with Crippen LogP contribution in [0.2, 0.25) is 0 Å². The van der Waals surface area contributed by atoms with E-state index in [0.717, 1.165) is 29.9 Å². The summed E-state index contributed by atoms with van der Waals surface area (Å²) in [6.07, 6.45) is 0. The molecule has 0 radical (unpaired) electrons. The molecule has 2 aliphatic heterocycles. The zero-order valence-corrected chi connectivity index (χ0v) is 17.9. The molecule has 2 aromatic rings. The summed E-state index contributed by atoms with van der Waals surface area (Å²) in [6, 6.07) is 13.6. The van der Waals surface area contributed by atoms with Gasteiger partial charge in [-0.3, -0.25) is 4.79 Å². The molecule has 0 unspecified atom stereocenters. The smallest absolute Gasteiger partial charge is 0.193 e. The highest BCUT2D eigenvalue weighted by Crippen LogP contribution is 2.40. The number of ether oxygens (including phenoxy) is 2. The number of nitrogens with zero attached hydrogens (tertiary/aromatic N) is 2. The number of fused-ring (bicyclic) bond motifs is 2. The Hall–Kier alpha value is -3.38. The first-order valence-electron chi connectivity index (χ1n) is 10.4. The van der Waals surface area contributed by atoms with Gasteiger partial charge < -0.3 is 18.8 Å². The number of benzene rings is 3. The van der Waals surface area contributed by atoms with Crippen molar-refractivity contribution >= 4 is 16.8 Å². The lowest BCUT2D eigenvalue weighted by atomic mass is 9.93. The Bertz CT molecular complexity index is 1310. The maximum atomic E-state index is 13.4. The summed E-state index contributed by atoms with van der Waals surface area (Å²) >= 11 is 0. The molecular formula is C25H24N2O4. The lowest BCUT2D eigenvalue weighted by molar-refractivity contribution is 0.122. The molecule has 0 amide bonds. The first-order valence-corrected chi connectivity index (χ1v) is 10.4. The third-order valence-electron chi connectivity index (χ3n) is 6.07. The lowest BCUT2D eigenvalue weighted by Gasteiger charge is -2.29. The molecule has 0 aromatic heterocycles. The van der Waals surface area contributed by atoms with Crippen LogP contribution in [0.1, 0.15) is 11.1 Å². The van der Waals surface area contributed by atoms with Crippen LogP contribution in [0.3, 0.4) is 0 Å². The molecule has 3 aliphatic rings. The normalized spacial score (nSPS) is 14.4. The number of methoxy groups -OCH3 is 1. The molecule has 2 aromatic carbocycles.